The van der Waals surface area contributed by atoms with Crippen LogP contribution in [0.15, 0.2) is 57.5 Å². The minimum Gasteiger partial charge on any atom is -0.364 e. The van der Waals surface area contributed by atoms with Crippen LogP contribution in [0.5, 0.6) is 0 Å². The van der Waals surface area contributed by atoms with Gasteiger partial charge in [0.15, 0.2) is 0 Å². The Morgan fingerprint density at radius 1 is 0.857 bits per heavy atom. The maximum absolute atomic E-state index is 6.30. The lowest BCUT2D eigenvalue weighted by atomic mass is 9.63. The first kappa shape index (κ1) is 12.6. The number of ether oxygens (including phenoxy) is 1. The van der Waals surface area contributed by atoms with Crippen molar-refractivity contribution in [1.29, 1.82) is 0 Å². The van der Waals surface area contributed by atoms with Crippen LogP contribution in [0.2, 0.25) is 0 Å². The van der Waals surface area contributed by atoms with Crippen molar-refractivity contribution in [3.8, 4) is 0 Å². The van der Waals surface area contributed by atoms with Crippen molar-refractivity contribution in [2.45, 2.75) is 12.2 Å². The number of rotatable bonds is 1. The Bertz CT molecular complexity index is 781. The molecule has 1 saturated heterocycles. The van der Waals surface area contributed by atoms with Crippen LogP contribution in [0.1, 0.15) is 28.9 Å². The van der Waals surface area contributed by atoms with Gasteiger partial charge in [-0.3, -0.25) is 0 Å². The van der Waals surface area contributed by atoms with E-state index in [1.54, 1.807) is 0 Å². The molecular formula is C18H12Br2O. The molecule has 21 heavy (non-hydrogen) atoms. The van der Waals surface area contributed by atoms with Gasteiger partial charge in [0.2, 0.25) is 0 Å². The number of hydrogen-bond acceptors (Lipinski definition) is 1. The molecule has 3 aliphatic rings. The van der Waals surface area contributed by atoms with E-state index in [0.29, 0.717) is 11.8 Å². The summed E-state index contributed by atoms with van der Waals surface area (Å²) in [7, 11) is 0. The van der Waals surface area contributed by atoms with Gasteiger partial charge in [-0.2, -0.15) is 0 Å². The molecule has 3 heteroatoms. The summed E-state index contributed by atoms with van der Waals surface area (Å²) >= 11 is 7.22. The van der Waals surface area contributed by atoms with Gasteiger partial charge >= 0.3 is 0 Å². The number of fused-ring (bicyclic) bond motifs is 8. The van der Waals surface area contributed by atoms with Gasteiger partial charge in [-0.05, 0) is 66.3 Å². The minimum absolute atomic E-state index is 0.222. The van der Waals surface area contributed by atoms with Gasteiger partial charge in [0.1, 0.15) is 0 Å². The second-order valence-corrected chi connectivity index (χ2v) is 7.67. The SMILES string of the molecule is Brc1cc2c(cc1Br)[C@@H]1O[C@H]2C2C=C(c3ccccc3)C21. The summed E-state index contributed by atoms with van der Waals surface area (Å²) in [6.45, 7) is 0. The van der Waals surface area contributed by atoms with Gasteiger partial charge in [0.05, 0.1) is 12.2 Å². The van der Waals surface area contributed by atoms with Crippen molar-refractivity contribution in [2.75, 3.05) is 0 Å². The third-order valence-electron chi connectivity index (χ3n) is 4.96. The highest BCUT2D eigenvalue weighted by molar-refractivity contribution is 9.13. The van der Waals surface area contributed by atoms with Crippen LogP contribution in [-0.2, 0) is 4.74 Å². The zero-order valence-electron chi connectivity index (χ0n) is 11.1. The Morgan fingerprint density at radius 2 is 1.52 bits per heavy atom. The van der Waals surface area contributed by atoms with E-state index in [1.807, 2.05) is 0 Å². The molecule has 0 aromatic heterocycles. The van der Waals surface area contributed by atoms with Crippen LogP contribution in [-0.4, -0.2) is 0 Å². The molecule has 4 atom stereocenters. The molecule has 2 bridgehead atoms. The van der Waals surface area contributed by atoms with E-state index in [9.17, 15) is 0 Å². The van der Waals surface area contributed by atoms with Crippen LogP contribution in [0, 0.1) is 11.8 Å². The summed E-state index contributed by atoms with van der Waals surface area (Å²) in [6, 6.07) is 15.1. The van der Waals surface area contributed by atoms with Crippen LogP contribution in [0.4, 0.5) is 0 Å². The summed E-state index contributed by atoms with van der Waals surface area (Å²) in [5.41, 5.74) is 5.52. The van der Waals surface area contributed by atoms with E-state index in [-0.39, 0.29) is 12.2 Å². The molecule has 5 rings (SSSR count). The van der Waals surface area contributed by atoms with Crippen molar-refractivity contribution >= 4 is 37.4 Å². The fourth-order valence-electron chi connectivity index (χ4n) is 4.02. The molecule has 0 amide bonds. The van der Waals surface area contributed by atoms with Gasteiger partial charge in [-0.15, -0.1) is 0 Å². The largest absolute Gasteiger partial charge is 0.364 e. The van der Waals surface area contributed by atoms with Crippen LogP contribution in [0.3, 0.4) is 0 Å². The Hall–Kier alpha value is -0.900. The van der Waals surface area contributed by atoms with E-state index in [4.69, 9.17) is 4.74 Å². The van der Waals surface area contributed by atoms with Gasteiger partial charge in [0, 0.05) is 20.8 Å². The topological polar surface area (TPSA) is 9.23 Å². The van der Waals surface area contributed by atoms with Crippen molar-refractivity contribution in [1.82, 2.24) is 0 Å². The standard InChI is InChI=1S/C18H12Br2O/c19-14-7-11-12(8-15(14)20)18-16-10(6-13(16)17(11)21-18)9-4-2-1-3-5-9/h1-8,13,16-18H/t13?,16?,17-,18+/m1/s1. The van der Waals surface area contributed by atoms with Crippen molar-refractivity contribution in [3.05, 3.63) is 74.2 Å². The monoisotopic (exact) mass is 402 g/mol. The molecule has 2 aromatic carbocycles. The third kappa shape index (κ3) is 1.60. The predicted octanol–water partition coefficient (Wildman–Crippen LogP) is 5.67. The normalized spacial score (nSPS) is 31.4. The maximum atomic E-state index is 6.30. The van der Waals surface area contributed by atoms with Gasteiger partial charge in [0.25, 0.3) is 0 Å². The molecule has 2 aliphatic heterocycles. The van der Waals surface area contributed by atoms with E-state index in [0.717, 1.165) is 8.95 Å². The Kier molecular flexibility index (Phi) is 2.59. The number of benzene rings is 2. The molecule has 1 nitrogen and oxygen atoms in total. The maximum Gasteiger partial charge on any atom is 0.0912 e. The van der Waals surface area contributed by atoms with E-state index in [1.165, 1.54) is 22.3 Å². The van der Waals surface area contributed by atoms with Crippen LogP contribution < -0.4 is 0 Å². The van der Waals surface area contributed by atoms with Gasteiger partial charge in [-0.1, -0.05) is 36.4 Å². The summed E-state index contributed by atoms with van der Waals surface area (Å²) in [6.07, 6.45) is 2.87. The lowest BCUT2D eigenvalue weighted by molar-refractivity contribution is 0.0626. The quantitative estimate of drug-likeness (QED) is 0.596. The lowest BCUT2D eigenvalue weighted by Crippen LogP contribution is -2.29. The zero-order valence-corrected chi connectivity index (χ0v) is 14.3. The fourth-order valence-corrected chi connectivity index (χ4v) is 4.74. The first-order chi connectivity index (χ1) is 10.2. The molecule has 0 N–H and O–H groups in total. The first-order valence-electron chi connectivity index (χ1n) is 7.15. The van der Waals surface area contributed by atoms with E-state index < -0.39 is 0 Å². The number of hydrogen-bond donors (Lipinski definition) is 0. The van der Waals surface area contributed by atoms with Crippen molar-refractivity contribution < 1.29 is 4.74 Å². The molecule has 1 aliphatic carbocycles. The molecule has 0 spiro atoms. The molecule has 2 heterocycles. The Morgan fingerprint density at radius 3 is 2.24 bits per heavy atom. The fraction of sp³-hybridized carbons (Fsp3) is 0.222. The molecule has 2 aromatic rings. The molecule has 104 valence electrons. The summed E-state index contributed by atoms with van der Waals surface area (Å²) in [4.78, 5) is 0. The molecular weight excluding hydrogens is 392 g/mol. The second-order valence-electron chi connectivity index (χ2n) is 5.96. The van der Waals surface area contributed by atoms with Crippen LogP contribution >= 0.6 is 31.9 Å². The first-order valence-corrected chi connectivity index (χ1v) is 8.74. The smallest absolute Gasteiger partial charge is 0.0912 e. The highest BCUT2D eigenvalue weighted by Gasteiger charge is 2.57. The Balaban J connectivity index is 1.59. The summed E-state index contributed by atoms with van der Waals surface area (Å²) in [5.74, 6) is 1.07. The van der Waals surface area contributed by atoms with Crippen molar-refractivity contribution in [3.63, 3.8) is 0 Å². The second kappa shape index (κ2) is 4.31. The van der Waals surface area contributed by atoms with E-state index in [2.05, 4.69) is 80.4 Å². The highest BCUT2D eigenvalue weighted by atomic mass is 79.9. The summed E-state index contributed by atoms with van der Waals surface area (Å²) in [5, 5.41) is 0. The van der Waals surface area contributed by atoms with Crippen molar-refractivity contribution in [2.24, 2.45) is 11.8 Å². The minimum atomic E-state index is 0.222. The Labute approximate surface area is 140 Å². The van der Waals surface area contributed by atoms with E-state index >= 15 is 0 Å². The van der Waals surface area contributed by atoms with Gasteiger partial charge in [-0.25, -0.2) is 0 Å². The number of halogens is 2. The zero-order chi connectivity index (χ0) is 14.1. The van der Waals surface area contributed by atoms with Gasteiger partial charge < -0.3 is 4.74 Å². The lowest BCUT2D eigenvalue weighted by Gasteiger charge is -2.38. The molecule has 2 unspecified atom stereocenters. The molecule has 0 saturated carbocycles. The third-order valence-corrected chi connectivity index (χ3v) is 6.81. The molecule has 0 radical (unpaired) electrons. The summed E-state index contributed by atoms with van der Waals surface area (Å²) < 4.78 is 8.52. The molecule has 1 fully saturated rings. The average Bonchev–Trinajstić information content (AvgIpc) is 2.92. The predicted molar refractivity (Wildman–Crippen MR) is 89.8 cm³/mol. The average molecular weight is 404 g/mol. The van der Waals surface area contributed by atoms with Crippen LogP contribution in [0.25, 0.3) is 5.57 Å². The highest BCUT2D eigenvalue weighted by Crippen LogP contribution is 2.66.